The Kier molecular flexibility index (Phi) is 4.23. The molecule has 6 heteroatoms. The molecule has 5 atom stereocenters. The van der Waals surface area contributed by atoms with Crippen molar-refractivity contribution in [2.24, 2.45) is 23.7 Å². The zero-order valence-corrected chi connectivity index (χ0v) is 16.6. The molecule has 1 N–H and O–H groups in total. The summed E-state index contributed by atoms with van der Waals surface area (Å²) >= 11 is 3.38. The first-order valence-corrected chi connectivity index (χ1v) is 10.2. The molecule has 1 heterocycles. The molecule has 2 amide bonds. The number of para-hydroxylation sites is 1. The Bertz CT molecular complexity index is 944. The van der Waals surface area contributed by atoms with Crippen LogP contribution in [0.3, 0.4) is 0 Å². The van der Waals surface area contributed by atoms with Gasteiger partial charge in [0.2, 0.25) is 5.91 Å². The summed E-state index contributed by atoms with van der Waals surface area (Å²) in [6, 6.07) is 16.8. The van der Waals surface area contributed by atoms with Crippen LogP contribution in [0.25, 0.3) is 0 Å². The van der Waals surface area contributed by atoms with Gasteiger partial charge in [-0.05, 0) is 54.7 Å². The number of nitrogens with one attached hydrogen (secondary N) is 1. The predicted molar refractivity (Wildman–Crippen MR) is 110 cm³/mol. The highest BCUT2D eigenvalue weighted by molar-refractivity contribution is 9.10. The maximum absolute atomic E-state index is 13.2. The van der Waals surface area contributed by atoms with Crippen LogP contribution >= 0.6 is 15.9 Å². The van der Waals surface area contributed by atoms with Crippen LogP contribution < -0.4 is 10.2 Å². The number of hydrogen-bond acceptors (Lipinski definition) is 3. The minimum atomic E-state index is -0.602. The van der Waals surface area contributed by atoms with Crippen LogP contribution in [0.15, 0.2) is 71.2 Å². The number of allylic oxidation sites excluding steroid dienone is 2. The highest BCUT2D eigenvalue weighted by Gasteiger charge is 2.61. The summed E-state index contributed by atoms with van der Waals surface area (Å²) in [6.45, 7) is 0. The maximum Gasteiger partial charge on any atom is 0.413 e. The van der Waals surface area contributed by atoms with Crippen molar-refractivity contribution in [1.29, 1.82) is 0 Å². The van der Waals surface area contributed by atoms with Gasteiger partial charge in [-0.2, -0.15) is 0 Å². The van der Waals surface area contributed by atoms with Gasteiger partial charge in [0.1, 0.15) is 0 Å². The summed E-state index contributed by atoms with van der Waals surface area (Å²) in [6.07, 6.45) is 4.15. The third-order valence-electron chi connectivity index (χ3n) is 5.98. The lowest BCUT2D eigenvalue weighted by Gasteiger charge is -2.29. The summed E-state index contributed by atoms with van der Waals surface area (Å²) in [5.74, 6) is 0.462. The van der Waals surface area contributed by atoms with Crippen molar-refractivity contribution < 1.29 is 14.3 Å². The first-order chi connectivity index (χ1) is 13.6. The predicted octanol–water partition coefficient (Wildman–Crippen LogP) is 4.81. The Hall–Kier alpha value is -2.60. The minimum Gasteiger partial charge on any atom is -0.424 e. The average molecular weight is 439 g/mol. The Morgan fingerprint density at radius 2 is 1.75 bits per heavy atom. The molecule has 0 unspecified atom stereocenters. The molecule has 0 aromatic heterocycles. The number of rotatable bonds is 3. The van der Waals surface area contributed by atoms with E-state index in [4.69, 9.17) is 4.74 Å². The summed E-state index contributed by atoms with van der Waals surface area (Å²) in [5, 5.41) is 2.77. The van der Waals surface area contributed by atoms with Gasteiger partial charge in [-0.1, -0.05) is 46.3 Å². The van der Waals surface area contributed by atoms with Gasteiger partial charge in [0.15, 0.2) is 6.23 Å². The smallest absolute Gasteiger partial charge is 0.413 e. The fourth-order valence-electron chi connectivity index (χ4n) is 4.84. The minimum absolute atomic E-state index is 0.00151. The molecule has 1 aliphatic heterocycles. The lowest BCUT2D eigenvalue weighted by molar-refractivity contribution is -0.121. The molecule has 0 spiro atoms. The molecule has 3 aliphatic rings. The standard InChI is InChI=1S/C22H19BrN2O3/c23-15-8-10-16(11-9-15)24-22(27)28-21-19-14-7-6-13(12-14)18(19)20(26)25(21)17-4-2-1-3-5-17/h1-11,13-14,18-19,21H,12H2,(H,24,27)/t13-,14+,18-,19+,21-/m1/s1. The maximum atomic E-state index is 13.2. The molecular formula is C22H19BrN2O3. The third kappa shape index (κ3) is 2.83. The van der Waals surface area contributed by atoms with E-state index in [-0.39, 0.29) is 29.6 Å². The van der Waals surface area contributed by atoms with Crippen molar-refractivity contribution >= 4 is 39.3 Å². The van der Waals surface area contributed by atoms with Gasteiger partial charge in [0.05, 0.1) is 5.92 Å². The summed E-state index contributed by atoms with van der Waals surface area (Å²) in [5.41, 5.74) is 1.41. The van der Waals surface area contributed by atoms with Gasteiger partial charge in [0, 0.05) is 21.8 Å². The molecular weight excluding hydrogens is 420 g/mol. The summed E-state index contributed by atoms with van der Waals surface area (Å²) < 4.78 is 6.79. The molecule has 2 bridgehead atoms. The number of benzene rings is 2. The van der Waals surface area contributed by atoms with E-state index in [1.165, 1.54) is 0 Å². The Morgan fingerprint density at radius 1 is 1.04 bits per heavy atom. The number of fused-ring (bicyclic) bond motifs is 5. The number of ether oxygens (including phenoxy) is 1. The quantitative estimate of drug-likeness (QED) is 0.699. The van der Waals surface area contributed by atoms with Crippen molar-refractivity contribution in [2.75, 3.05) is 10.2 Å². The second-order valence-electron chi connectivity index (χ2n) is 7.52. The van der Waals surface area contributed by atoms with E-state index in [2.05, 4.69) is 33.4 Å². The molecule has 0 radical (unpaired) electrons. The number of nitrogens with zero attached hydrogens (tertiary/aromatic N) is 1. The van der Waals surface area contributed by atoms with Crippen LogP contribution in [0, 0.1) is 23.7 Å². The van der Waals surface area contributed by atoms with Gasteiger partial charge in [-0.15, -0.1) is 0 Å². The number of carbonyl (C=O) groups excluding carboxylic acids is 2. The van der Waals surface area contributed by atoms with Crippen LogP contribution in [0.5, 0.6) is 0 Å². The van der Waals surface area contributed by atoms with Crippen molar-refractivity contribution in [1.82, 2.24) is 0 Å². The van der Waals surface area contributed by atoms with E-state index in [0.29, 0.717) is 5.69 Å². The molecule has 1 saturated carbocycles. The molecule has 142 valence electrons. The lowest BCUT2D eigenvalue weighted by Crippen LogP contribution is -2.41. The van der Waals surface area contributed by atoms with Gasteiger partial charge in [-0.3, -0.25) is 15.0 Å². The van der Waals surface area contributed by atoms with E-state index in [1.807, 2.05) is 42.5 Å². The van der Waals surface area contributed by atoms with Crippen molar-refractivity contribution in [3.8, 4) is 0 Å². The number of halogens is 1. The molecule has 1 saturated heterocycles. The highest BCUT2D eigenvalue weighted by Crippen LogP contribution is 2.55. The second kappa shape index (κ2) is 6.78. The molecule has 28 heavy (non-hydrogen) atoms. The van der Waals surface area contributed by atoms with E-state index < -0.39 is 12.3 Å². The first-order valence-electron chi connectivity index (χ1n) is 9.41. The van der Waals surface area contributed by atoms with E-state index >= 15 is 0 Å². The molecule has 2 aromatic carbocycles. The molecule has 5 rings (SSSR count). The largest absolute Gasteiger partial charge is 0.424 e. The molecule has 5 nitrogen and oxygen atoms in total. The number of amides is 2. The van der Waals surface area contributed by atoms with E-state index in [9.17, 15) is 9.59 Å². The number of hydrogen-bond donors (Lipinski definition) is 1. The monoisotopic (exact) mass is 438 g/mol. The fraction of sp³-hybridized carbons (Fsp3) is 0.273. The normalized spacial score (nSPS) is 29.8. The first kappa shape index (κ1) is 17.5. The van der Waals surface area contributed by atoms with Crippen LogP contribution in [-0.4, -0.2) is 18.2 Å². The zero-order valence-electron chi connectivity index (χ0n) is 15.0. The van der Waals surface area contributed by atoms with Crippen LogP contribution in [0.1, 0.15) is 6.42 Å². The Balaban J connectivity index is 1.42. The molecule has 2 aliphatic carbocycles. The Labute approximate surface area is 171 Å². The molecule has 2 aromatic rings. The summed E-state index contributed by atoms with van der Waals surface area (Å²) in [7, 11) is 0. The third-order valence-corrected chi connectivity index (χ3v) is 6.51. The van der Waals surface area contributed by atoms with Gasteiger partial charge in [0.25, 0.3) is 0 Å². The van der Waals surface area contributed by atoms with Crippen LogP contribution in [0.4, 0.5) is 16.2 Å². The second-order valence-corrected chi connectivity index (χ2v) is 8.44. The zero-order chi connectivity index (χ0) is 19.3. The van der Waals surface area contributed by atoms with Crippen molar-refractivity contribution in [3.63, 3.8) is 0 Å². The SMILES string of the molecule is O=C(Nc1ccc(Br)cc1)O[C@@H]1[C@@H]2[C@H](C(=O)N1c1ccccc1)[C@@H]1C=C[C@H]2C1. The van der Waals surface area contributed by atoms with E-state index in [1.54, 1.807) is 17.0 Å². The van der Waals surface area contributed by atoms with Gasteiger partial charge >= 0.3 is 6.09 Å². The van der Waals surface area contributed by atoms with Crippen molar-refractivity contribution in [3.05, 3.63) is 71.2 Å². The van der Waals surface area contributed by atoms with Crippen LogP contribution in [-0.2, 0) is 9.53 Å². The molecule has 2 fully saturated rings. The van der Waals surface area contributed by atoms with Crippen LogP contribution in [0.2, 0.25) is 0 Å². The Morgan fingerprint density at radius 3 is 2.50 bits per heavy atom. The highest BCUT2D eigenvalue weighted by atomic mass is 79.9. The average Bonchev–Trinajstić information content (AvgIpc) is 3.38. The topological polar surface area (TPSA) is 58.6 Å². The van der Waals surface area contributed by atoms with Crippen molar-refractivity contribution in [2.45, 2.75) is 12.6 Å². The van der Waals surface area contributed by atoms with Gasteiger partial charge < -0.3 is 4.74 Å². The number of anilines is 2. The summed E-state index contributed by atoms with van der Waals surface area (Å²) in [4.78, 5) is 27.5. The number of carbonyl (C=O) groups is 2. The van der Waals surface area contributed by atoms with E-state index in [0.717, 1.165) is 16.6 Å². The lowest BCUT2D eigenvalue weighted by atomic mass is 9.85. The fourth-order valence-corrected chi connectivity index (χ4v) is 5.10. The van der Waals surface area contributed by atoms with Gasteiger partial charge in [-0.25, -0.2) is 4.79 Å².